The SMILES string of the molecule is Fc1cccc(C=NNc2ccc3ccccc3n2)c1. The molecule has 0 radical (unpaired) electrons. The summed E-state index contributed by atoms with van der Waals surface area (Å²) in [4.78, 5) is 4.43. The van der Waals surface area contributed by atoms with Gasteiger partial charge < -0.3 is 0 Å². The Labute approximate surface area is 115 Å². The summed E-state index contributed by atoms with van der Waals surface area (Å²) in [7, 11) is 0. The minimum atomic E-state index is -0.280. The third-order valence-electron chi connectivity index (χ3n) is 2.84. The molecule has 4 heteroatoms. The largest absolute Gasteiger partial charge is 0.261 e. The van der Waals surface area contributed by atoms with Crippen molar-refractivity contribution >= 4 is 22.9 Å². The number of rotatable bonds is 3. The molecule has 0 unspecified atom stereocenters. The second-order valence-corrected chi connectivity index (χ2v) is 4.31. The van der Waals surface area contributed by atoms with Crippen LogP contribution in [0.4, 0.5) is 10.2 Å². The smallest absolute Gasteiger partial charge is 0.146 e. The van der Waals surface area contributed by atoms with Gasteiger partial charge in [-0.05, 0) is 35.9 Å². The van der Waals surface area contributed by atoms with Crippen molar-refractivity contribution in [1.29, 1.82) is 0 Å². The van der Waals surface area contributed by atoms with Crippen molar-refractivity contribution in [3.63, 3.8) is 0 Å². The zero-order valence-corrected chi connectivity index (χ0v) is 10.6. The molecule has 1 heterocycles. The highest BCUT2D eigenvalue weighted by Crippen LogP contribution is 2.14. The molecule has 0 spiro atoms. The maximum Gasteiger partial charge on any atom is 0.146 e. The molecule has 2 aromatic carbocycles. The van der Waals surface area contributed by atoms with Crippen molar-refractivity contribution < 1.29 is 4.39 Å². The highest BCUT2D eigenvalue weighted by Gasteiger charge is 1.96. The third-order valence-corrected chi connectivity index (χ3v) is 2.84. The molecular formula is C16H12FN3. The Morgan fingerprint density at radius 3 is 2.80 bits per heavy atom. The molecule has 3 rings (SSSR count). The van der Waals surface area contributed by atoms with Gasteiger partial charge in [-0.2, -0.15) is 5.10 Å². The molecule has 3 nitrogen and oxygen atoms in total. The topological polar surface area (TPSA) is 37.3 Å². The van der Waals surface area contributed by atoms with E-state index in [1.165, 1.54) is 12.1 Å². The number of nitrogens with zero attached hydrogens (tertiary/aromatic N) is 2. The minimum absolute atomic E-state index is 0.280. The average molecular weight is 265 g/mol. The van der Waals surface area contributed by atoms with Crippen LogP contribution >= 0.6 is 0 Å². The van der Waals surface area contributed by atoms with Crippen LogP contribution in [0.2, 0.25) is 0 Å². The van der Waals surface area contributed by atoms with E-state index in [4.69, 9.17) is 0 Å². The number of para-hydroxylation sites is 1. The van der Waals surface area contributed by atoms with Crippen molar-refractivity contribution in [2.24, 2.45) is 5.10 Å². The molecule has 0 aliphatic heterocycles. The van der Waals surface area contributed by atoms with Crippen molar-refractivity contribution in [3.8, 4) is 0 Å². The van der Waals surface area contributed by atoms with E-state index in [0.29, 0.717) is 11.4 Å². The Morgan fingerprint density at radius 2 is 1.90 bits per heavy atom. The Morgan fingerprint density at radius 1 is 1.00 bits per heavy atom. The summed E-state index contributed by atoms with van der Waals surface area (Å²) >= 11 is 0. The maximum atomic E-state index is 13.0. The maximum absolute atomic E-state index is 13.0. The molecule has 0 saturated heterocycles. The summed E-state index contributed by atoms with van der Waals surface area (Å²) in [6, 6.07) is 17.9. The molecule has 0 aliphatic carbocycles. The monoisotopic (exact) mass is 265 g/mol. The first kappa shape index (κ1) is 12.3. The zero-order valence-electron chi connectivity index (χ0n) is 10.6. The fourth-order valence-corrected chi connectivity index (χ4v) is 1.89. The van der Waals surface area contributed by atoms with Gasteiger partial charge in [-0.1, -0.05) is 30.3 Å². The third kappa shape index (κ3) is 2.80. The summed E-state index contributed by atoms with van der Waals surface area (Å²) in [5.41, 5.74) is 4.43. The molecule has 98 valence electrons. The van der Waals surface area contributed by atoms with Crippen LogP contribution in [0, 0.1) is 5.82 Å². The lowest BCUT2D eigenvalue weighted by Crippen LogP contribution is -1.94. The van der Waals surface area contributed by atoms with Gasteiger partial charge in [0.05, 0.1) is 11.7 Å². The summed E-state index contributed by atoms with van der Waals surface area (Å²) in [5, 5.41) is 5.13. The van der Waals surface area contributed by atoms with E-state index in [9.17, 15) is 4.39 Å². The van der Waals surface area contributed by atoms with Crippen LogP contribution in [-0.2, 0) is 0 Å². The van der Waals surface area contributed by atoms with Gasteiger partial charge in [-0.25, -0.2) is 9.37 Å². The van der Waals surface area contributed by atoms with E-state index >= 15 is 0 Å². The van der Waals surface area contributed by atoms with Crippen LogP contribution in [0.1, 0.15) is 5.56 Å². The molecule has 1 N–H and O–H groups in total. The van der Waals surface area contributed by atoms with Crippen molar-refractivity contribution in [2.75, 3.05) is 5.43 Å². The fraction of sp³-hybridized carbons (Fsp3) is 0. The molecular weight excluding hydrogens is 253 g/mol. The van der Waals surface area contributed by atoms with Gasteiger partial charge in [0.25, 0.3) is 0 Å². The molecule has 0 saturated carbocycles. The van der Waals surface area contributed by atoms with Crippen LogP contribution < -0.4 is 5.43 Å². The standard InChI is InChI=1S/C16H12FN3/c17-14-6-3-4-12(10-14)11-18-20-16-9-8-13-5-1-2-7-15(13)19-16/h1-11H,(H,19,20). The van der Waals surface area contributed by atoms with Crippen molar-refractivity contribution in [2.45, 2.75) is 0 Å². The van der Waals surface area contributed by atoms with Gasteiger partial charge in [0, 0.05) is 5.39 Å². The first-order chi connectivity index (χ1) is 9.81. The molecule has 0 atom stereocenters. The molecule has 0 fully saturated rings. The molecule has 0 bridgehead atoms. The van der Waals surface area contributed by atoms with Crippen LogP contribution in [0.15, 0.2) is 65.8 Å². The zero-order chi connectivity index (χ0) is 13.8. The molecule has 1 aromatic heterocycles. The number of pyridine rings is 1. The number of halogens is 1. The molecule has 0 amide bonds. The van der Waals surface area contributed by atoms with E-state index in [1.54, 1.807) is 18.3 Å². The first-order valence-corrected chi connectivity index (χ1v) is 6.22. The van der Waals surface area contributed by atoms with Gasteiger partial charge in [0.15, 0.2) is 0 Å². The van der Waals surface area contributed by atoms with Crippen LogP contribution in [-0.4, -0.2) is 11.2 Å². The number of hydrazone groups is 1. The van der Waals surface area contributed by atoms with Crippen LogP contribution in [0.3, 0.4) is 0 Å². The first-order valence-electron chi connectivity index (χ1n) is 6.22. The summed E-state index contributed by atoms with van der Waals surface area (Å²) in [6.07, 6.45) is 1.56. The molecule has 0 aliphatic rings. The van der Waals surface area contributed by atoms with Crippen molar-refractivity contribution in [3.05, 3.63) is 72.0 Å². The number of fused-ring (bicyclic) bond motifs is 1. The second kappa shape index (κ2) is 5.48. The van der Waals surface area contributed by atoms with E-state index in [-0.39, 0.29) is 5.82 Å². The number of hydrogen-bond acceptors (Lipinski definition) is 3. The van der Waals surface area contributed by atoms with Gasteiger partial charge in [0.1, 0.15) is 11.6 Å². The van der Waals surface area contributed by atoms with Crippen LogP contribution in [0.5, 0.6) is 0 Å². The number of benzene rings is 2. The number of anilines is 1. The fourth-order valence-electron chi connectivity index (χ4n) is 1.89. The Bertz CT molecular complexity index is 768. The van der Waals surface area contributed by atoms with Gasteiger partial charge in [0.2, 0.25) is 0 Å². The summed E-state index contributed by atoms with van der Waals surface area (Å²) in [6.45, 7) is 0. The lowest BCUT2D eigenvalue weighted by atomic mass is 10.2. The lowest BCUT2D eigenvalue weighted by molar-refractivity contribution is 0.627. The summed E-state index contributed by atoms with van der Waals surface area (Å²) in [5.74, 6) is 0.370. The second-order valence-electron chi connectivity index (χ2n) is 4.31. The lowest BCUT2D eigenvalue weighted by Gasteiger charge is -2.01. The number of hydrogen-bond donors (Lipinski definition) is 1. The molecule has 20 heavy (non-hydrogen) atoms. The van der Waals surface area contributed by atoms with Crippen molar-refractivity contribution in [1.82, 2.24) is 4.98 Å². The normalized spacial score (nSPS) is 11.1. The highest BCUT2D eigenvalue weighted by molar-refractivity contribution is 5.81. The van der Waals surface area contributed by atoms with Gasteiger partial charge in [-0.15, -0.1) is 0 Å². The number of nitrogens with one attached hydrogen (secondary N) is 1. The Hall–Kier alpha value is -2.75. The highest BCUT2D eigenvalue weighted by atomic mass is 19.1. The minimum Gasteiger partial charge on any atom is -0.261 e. The molecule has 3 aromatic rings. The summed E-state index contributed by atoms with van der Waals surface area (Å²) < 4.78 is 13.0. The van der Waals surface area contributed by atoms with E-state index in [2.05, 4.69) is 15.5 Å². The van der Waals surface area contributed by atoms with E-state index < -0.39 is 0 Å². The number of aromatic nitrogens is 1. The quantitative estimate of drug-likeness (QED) is 0.577. The predicted molar refractivity (Wildman–Crippen MR) is 79.4 cm³/mol. The Kier molecular flexibility index (Phi) is 3.37. The van der Waals surface area contributed by atoms with Gasteiger partial charge >= 0.3 is 0 Å². The van der Waals surface area contributed by atoms with E-state index in [0.717, 1.165) is 10.9 Å². The van der Waals surface area contributed by atoms with Crippen LogP contribution in [0.25, 0.3) is 10.9 Å². The van der Waals surface area contributed by atoms with Gasteiger partial charge in [-0.3, -0.25) is 5.43 Å². The van der Waals surface area contributed by atoms with E-state index in [1.807, 2.05) is 36.4 Å². The predicted octanol–water partition coefficient (Wildman–Crippen LogP) is 3.82. The Balaban J connectivity index is 1.76. The average Bonchev–Trinajstić information content (AvgIpc) is 2.47.